The smallest absolute Gasteiger partial charge is 0.148 e. The van der Waals surface area contributed by atoms with E-state index in [1.54, 1.807) is 0 Å². The zero-order valence-corrected chi connectivity index (χ0v) is 24.7. The fourth-order valence-corrected chi connectivity index (χ4v) is 5.92. The summed E-state index contributed by atoms with van der Waals surface area (Å²) in [5, 5.41) is 0.711. The third kappa shape index (κ3) is 8.09. The monoisotopic (exact) mass is 558 g/mol. The number of rotatable bonds is 14. The van der Waals surface area contributed by atoms with Crippen LogP contribution in [0.25, 0.3) is 11.0 Å². The Kier molecular flexibility index (Phi) is 10.5. The van der Waals surface area contributed by atoms with E-state index in [9.17, 15) is 0 Å². The molecule has 1 aromatic heterocycles. The van der Waals surface area contributed by atoms with Gasteiger partial charge in [-0.15, -0.1) is 0 Å². The normalized spacial score (nSPS) is 14.3. The predicted molar refractivity (Wildman–Crippen MR) is 166 cm³/mol. The Bertz CT molecular complexity index is 1320. The number of imidazole rings is 1. The van der Waals surface area contributed by atoms with Gasteiger partial charge in [-0.3, -0.25) is 0 Å². The molecule has 1 aliphatic heterocycles. The molecular formula is C34H43ClN4O. The van der Waals surface area contributed by atoms with Crippen LogP contribution < -0.4 is 4.74 Å². The molecule has 0 atom stereocenters. The Hall–Kier alpha value is -2.86. The lowest BCUT2D eigenvalue weighted by Crippen LogP contribution is -2.34. The second-order valence-electron chi connectivity index (χ2n) is 11.1. The number of benzene rings is 3. The van der Waals surface area contributed by atoms with E-state index in [1.807, 2.05) is 24.3 Å². The molecule has 2 heterocycles. The maximum atomic E-state index is 6.13. The van der Waals surface area contributed by atoms with Crippen molar-refractivity contribution in [3.05, 3.63) is 94.8 Å². The lowest BCUT2D eigenvalue weighted by atomic mass is 10.1. The lowest BCUT2D eigenvalue weighted by Gasteiger charge is -2.28. The van der Waals surface area contributed by atoms with Crippen LogP contribution >= 0.6 is 11.6 Å². The number of ether oxygens (including phenoxy) is 1. The Morgan fingerprint density at radius 3 is 2.35 bits per heavy atom. The molecule has 0 radical (unpaired) electrons. The summed E-state index contributed by atoms with van der Waals surface area (Å²) in [5.74, 6) is 1.78. The van der Waals surface area contributed by atoms with Crippen molar-refractivity contribution in [3.8, 4) is 5.75 Å². The SMILES string of the molecule is Cc1cccc2c1nc(COc1ccc(Cl)cc1)n2CCCN(CCCN1CCCCC1)CCc1ccccc1. The molecule has 40 heavy (non-hydrogen) atoms. The topological polar surface area (TPSA) is 33.5 Å². The molecule has 0 amide bonds. The quantitative estimate of drug-likeness (QED) is 0.162. The molecule has 3 aromatic carbocycles. The van der Waals surface area contributed by atoms with Crippen molar-refractivity contribution in [3.63, 3.8) is 0 Å². The van der Waals surface area contributed by atoms with Crippen LogP contribution in [0.3, 0.4) is 0 Å². The third-order valence-electron chi connectivity index (χ3n) is 8.05. The fourth-order valence-electron chi connectivity index (χ4n) is 5.79. The first-order valence-electron chi connectivity index (χ1n) is 15.0. The molecule has 212 valence electrons. The molecule has 0 bridgehead atoms. The van der Waals surface area contributed by atoms with Crippen molar-refractivity contribution in [2.75, 3.05) is 39.3 Å². The van der Waals surface area contributed by atoms with Crippen molar-refractivity contribution < 1.29 is 4.74 Å². The Balaban J connectivity index is 1.23. The minimum atomic E-state index is 0.434. The summed E-state index contributed by atoms with van der Waals surface area (Å²) < 4.78 is 8.49. The van der Waals surface area contributed by atoms with E-state index < -0.39 is 0 Å². The molecule has 0 saturated carbocycles. The van der Waals surface area contributed by atoms with E-state index in [0.717, 1.165) is 56.1 Å². The maximum Gasteiger partial charge on any atom is 0.148 e. The fraction of sp³-hybridized carbons (Fsp3) is 0.441. The van der Waals surface area contributed by atoms with Gasteiger partial charge in [-0.25, -0.2) is 4.98 Å². The van der Waals surface area contributed by atoms with Crippen LogP contribution in [0.15, 0.2) is 72.8 Å². The molecule has 5 rings (SSSR count). The Morgan fingerprint density at radius 1 is 0.825 bits per heavy atom. The van der Waals surface area contributed by atoms with Gasteiger partial charge in [-0.05, 0) is 113 Å². The number of para-hydroxylation sites is 1. The summed E-state index contributed by atoms with van der Waals surface area (Å²) in [6, 6.07) is 24.9. The van der Waals surface area contributed by atoms with Crippen LogP contribution in [0.2, 0.25) is 5.02 Å². The van der Waals surface area contributed by atoms with E-state index in [2.05, 4.69) is 69.8 Å². The molecule has 0 unspecified atom stereocenters. The summed E-state index contributed by atoms with van der Waals surface area (Å²) in [7, 11) is 0. The van der Waals surface area contributed by atoms with Gasteiger partial charge < -0.3 is 19.1 Å². The summed E-state index contributed by atoms with van der Waals surface area (Å²) in [6.45, 7) is 10.6. The average Bonchev–Trinajstić information content (AvgIpc) is 3.35. The number of halogens is 1. The highest BCUT2D eigenvalue weighted by Gasteiger charge is 2.15. The van der Waals surface area contributed by atoms with Gasteiger partial charge >= 0.3 is 0 Å². The molecule has 0 spiro atoms. The van der Waals surface area contributed by atoms with Gasteiger partial charge in [0.2, 0.25) is 0 Å². The third-order valence-corrected chi connectivity index (χ3v) is 8.31. The van der Waals surface area contributed by atoms with Gasteiger partial charge in [-0.1, -0.05) is 60.5 Å². The van der Waals surface area contributed by atoms with Crippen LogP contribution in [0, 0.1) is 6.92 Å². The van der Waals surface area contributed by atoms with E-state index in [4.69, 9.17) is 21.3 Å². The highest BCUT2D eigenvalue weighted by atomic mass is 35.5. The molecular weight excluding hydrogens is 516 g/mol. The van der Waals surface area contributed by atoms with E-state index in [-0.39, 0.29) is 0 Å². The van der Waals surface area contributed by atoms with Crippen molar-refractivity contribution in [2.45, 2.75) is 58.6 Å². The van der Waals surface area contributed by atoms with E-state index >= 15 is 0 Å². The van der Waals surface area contributed by atoms with Gasteiger partial charge in [-0.2, -0.15) is 0 Å². The molecule has 0 aliphatic carbocycles. The Morgan fingerprint density at radius 2 is 1.57 bits per heavy atom. The summed E-state index contributed by atoms with van der Waals surface area (Å²) in [5.41, 5.74) is 4.88. The number of piperidine rings is 1. The van der Waals surface area contributed by atoms with Crippen LogP contribution in [-0.4, -0.2) is 58.6 Å². The number of aromatic nitrogens is 2. The van der Waals surface area contributed by atoms with Gasteiger partial charge in [0.05, 0.1) is 11.0 Å². The molecule has 1 fully saturated rings. The first kappa shape index (κ1) is 28.7. The predicted octanol–water partition coefficient (Wildman–Crippen LogP) is 7.39. The average molecular weight is 559 g/mol. The summed E-state index contributed by atoms with van der Waals surface area (Å²) in [4.78, 5) is 10.3. The zero-order valence-electron chi connectivity index (χ0n) is 23.9. The van der Waals surface area contributed by atoms with Gasteiger partial charge in [0, 0.05) is 18.1 Å². The molecule has 0 N–H and O–H groups in total. The summed E-state index contributed by atoms with van der Waals surface area (Å²) >= 11 is 6.06. The largest absolute Gasteiger partial charge is 0.486 e. The van der Waals surface area contributed by atoms with E-state index in [1.165, 1.54) is 62.0 Å². The molecule has 6 heteroatoms. The van der Waals surface area contributed by atoms with E-state index in [0.29, 0.717) is 11.6 Å². The molecule has 1 saturated heterocycles. The van der Waals surface area contributed by atoms with Crippen molar-refractivity contribution in [2.24, 2.45) is 0 Å². The van der Waals surface area contributed by atoms with Crippen LogP contribution in [0.4, 0.5) is 0 Å². The highest BCUT2D eigenvalue weighted by molar-refractivity contribution is 6.30. The minimum Gasteiger partial charge on any atom is -0.486 e. The number of likely N-dealkylation sites (tertiary alicyclic amines) is 1. The minimum absolute atomic E-state index is 0.434. The summed E-state index contributed by atoms with van der Waals surface area (Å²) in [6.07, 6.45) is 7.53. The number of fused-ring (bicyclic) bond motifs is 1. The van der Waals surface area contributed by atoms with Gasteiger partial charge in [0.1, 0.15) is 18.2 Å². The van der Waals surface area contributed by atoms with Gasteiger partial charge in [0.25, 0.3) is 0 Å². The first-order chi connectivity index (χ1) is 19.7. The van der Waals surface area contributed by atoms with Gasteiger partial charge in [0.15, 0.2) is 0 Å². The number of hydrogen-bond acceptors (Lipinski definition) is 4. The van der Waals surface area contributed by atoms with Crippen LogP contribution in [0.1, 0.15) is 49.1 Å². The number of hydrogen-bond donors (Lipinski definition) is 0. The van der Waals surface area contributed by atoms with Crippen molar-refractivity contribution >= 4 is 22.6 Å². The Labute approximate surface area is 244 Å². The second kappa shape index (κ2) is 14.7. The molecule has 4 aromatic rings. The van der Waals surface area contributed by atoms with Crippen molar-refractivity contribution in [1.29, 1.82) is 0 Å². The first-order valence-corrected chi connectivity index (χ1v) is 15.4. The lowest BCUT2D eigenvalue weighted by molar-refractivity contribution is 0.201. The van der Waals surface area contributed by atoms with Crippen LogP contribution in [0.5, 0.6) is 5.75 Å². The molecule has 5 nitrogen and oxygen atoms in total. The highest BCUT2D eigenvalue weighted by Crippen LogP contribution is 2.23. The molecule has 1 aliphatic rings. The number of aryl methyl sites for hydroxylation is 2. The number of nitrogens with zero attached hydrogens (tertiary/aromatic N) is 4. The van der Waals surface area contributed by atoms with Crippen LogP contribution in [-0.2, 0) is 19.6 Å². The second-order valence-corrected chi connectivity index (χ2v) is 11.5. The standard InChI is InChI=1S/C34H43ClN4O/c1-28-11-8-14-32-34(28)36-33(27-40-31-17-15-30(35)16-18-31)39(32)25-10-24-38(26-19-29-12-4-2-5-13-29)23-9-22-37-20-6-3-7-21-37/h2,4-5,8,11-18H,3,6-7,9-10,19-27H2,1H3. The maximum absolute atomic E-state index is 6.13. The van der Waals surface area contributed by atoms with Crippen molar-refractivity contribution in [1.82, 2.24) is 19.4 Å². The zero-order chi connectivity index (χ0) is 27.6.